The van der Waals surface area contributed by atoms with Gasteiger partial charge in [0.2, 0.25) is 0 Å². The van der Waals surface area contributed by atoms with Crippen LogP contribution in [-0.2, 0) is 11.3 Å². The van der Waals surface area contributed by atoms with Crippen LogP contribution in [0.2, 0.25) is 0 Å². The molecule has 2 aromatic carbocycles. The first-order valence-electron chi connectivity index (χ1n) is 14.8. The second-order valence-corrected chi connectivity index (χ2v) is 13.0. The quantitative estimate of drug-likeness (QED) is 0.359. The van der Waals surface area contributed by atoms with Crippen molar-refractivity contribution in [1.29, 1.82) is 0 Å². The number of hydrogen-bond donors (Lipinski definition) is 1. The van der Waals surface area contributed by atoms with E-state index in [4.69, 9.17) is 9.47 Å². The summed E-state index contributed by atoms with van der Waals surface area (Å²) in [6.45, 7) is 12.4. The number of rotatable bonds is 6. The lowest BCUT2D eigenvalue weighted by Crippen LogP contribution is -2.53. The van der Waals surface area contributed by atoms with Crippen LogP contribution in [0, 0.1) is 0 Å². The predicted octanol–water partition coefficient (Wildman–Crippen LogP) is 6.91. The largest absolute Gasteiger partial charge is 0.497 e. The maximum atomic E-state index is 14.1. The van der Waals surface area contributed by atoms with Crippen LogP contribution in [-0.4, -0.2) is 45.4 Å². The molecule has 0 spiro atoms. The molecule has 0 bridgehead atoms. The van der Waals surface area contributed by atoms with Gasteiger partial charge in [-0.2, -0.15) is 5.10 Å². The van der Waals surface area contributed by atoms with Gasteiger partial charge < -0.3 is 19.7 Å². The molecule has 6 rings (SSSR count). The van der Waals surface area contributed by atoms with Crippen LogP contribution >= 0.6 is 0 Å². The molecule has 0 radical (unpaired) electrons. The Morgan fingerprint density at radius 2 is 1.90 bits per heavy atom. The highest BCUT2D eigenvalue weighted by Gasteiger charge is 2.38. The summed E-state index contributed by atoms with van der Waals surface area (Å²) < 4.78 is 13.4. The van der Waals surface area contributed by atoms with E-state index in [0.29, 0.717) is 6.54 Å². The minimum Gasteiger partial charge on any atom is -0.497 e. The Morgan fingerprint density at radius 1 is 1.10 bits per heavy atom. The third kappa shape index (κ3) is 5.45. The zero-order valence-corrected chi connectivity index (χ0v) is 25.2. The van der Waals surface area contributed by atoms with Gasteiger partial charge in [-0.25, -0.2) is 4.68 Å². The molecular formula is C34H42N4O3. The second kappa shape index (κ2) is 10.4. The highest BCUT2D eigenvalue weighted by Crippen LogP contribution is 2.42. The molecule has 3 aromatic rings. The van der Waals surface area contributed by atoms with Crippen molar-refractivity contribution in [2.75, 3.05) is 13.7 Å². The van der Waals surface area contributed by atoms with Gasteiger partial charge in [0.15, 0.2) is 0 Å². The number of amides is 1. The number of nitrogens with zero attached hydrogens (tertiary/aromatic N) is 3. The summed E-state index contributed by atoms with van der Waals surface area (Å²) in [6.07, 6.45) is 10.4. The van der Waals surface area contributed by atoms with Crippen molar-refractivity contribution >= 4 is 11.5 Å². The molecule has 1 saturated heterocycles. The molecule has 7 heteroatoms. The maximum Gasteiger partial charge on any atom is 0.255 e. The van der Waals surface area contributed by atoms with Crippen LogP contribution < -0.4 is 10.1 Å². The fraction of sp³-hybridized carbons (Fsp3) is 0.471. The number of benzene rings is 2. The van der Waals surface area contributed by atoms with Gasteiger partial charge in [0, 0.05) is 41.6 Å². The number of nitrogens with one attached hydrogen (secondary N) is 1. The highest BCUT2D eigenvalue weighted by molar-refractivity contribution is 6.01. The molecule has 3 aliphatic rings. The topological polar surface area (TPSA) is 68.6 Å². The third-order valence-corrected chi connectivity index (χ3v) is 8.67. The number of carbonyl (C=O) groups is 1. The first-order chi connectivity index (χ1) is 19.5. The van der Waals surface area contributed by atoms with Gasteiger partial charge in [0.05, 0.1) is 19.3 Å². The van der Waals surface area contributed by atoms with Crippen molar-refractivity contribution in [3.63, 3.8) is 0 Å². The molecule has 1 amide bonds. The summed E-state index contributed by atoms with van der Waals surface area (Å²) >= 11 is 0. The molecule has 216 valence electrons. The van der Waals surface area contributed by atoms with Gasteiger partial charge in [0.1, 0.15) is 12.0 Å². The molecule has 1 aromatic heterocycles. The van der Waals surface area contributed by atoms with E-state index in [0.717, 1.165) is 71.4 Å². The molecule has 4 heterocycles. The molecule has 41 heavy (non-hydrogen) atoms. The van der Waals surface area contributed by atoms with Crippen LogP contribution in [0.5, 0.6) is 5.75 Å². The lowest BCUT2D eigenvalue weighted by Gasteiger charge is -2.41. The first-order valence-corrected chi connectivity index (χ1v) is 14.8. The van der Waals surface area contributed by atoms with Crippen LogP contribution in [0.25, 0.3) is 16.7 Å². The van der Waals surface area contributed by atoms with Crippen molar-refractivity contribution in [2.45, 2.75) is 90.2 Å². The van der Waals surface area contributed by atoms with Crippen LogP contribution in [0.3, 0.4) is 0 Å². The van der Waals surface area contributed by atoms with Gasteiger partial charge >= 0.3 is 0 Å². The number of hydrogen-bond acceptors (Lipinski definition) is 5. The predicted molar refractivity (Wildman–Crippen MR) is 162 cm³/mol. The molecule has 3 aliphatic heterocycles. The number of aromatic nitrogens is 2. The number of fused-ring (bicyclic) bond motifs is 1. The smallest absolute Gasteiger partial charge is 0.255 e. The van der Waals surface area contributed by atoms with Gasteiger partial charge in [-0.05, 0) is 112 Å². The number of carbonyl (C=O) groups excluding carboxylic acids is 1. The van der Waals surface area contributed by atoms with Crippen molar-refractivity contribution in [3.05, 3.63) is 77.1 Å². The van der Waals surface area contributed by atoms with Gasteiger partial charge in [-0.15, -0.1) is 0 Å². The van der Waals surface area contributed by atoms with Crippen LogP contribution in [0.15, 0.2) is 54.9 Å². The Bertz CT molecular complexity index is 1500. The summed E-state index contributed by atoms with van der Waals surface area (Å²) in [5, 5.41) is 8.44. The molecule has 7 nitrogen and oxygen atoms in total. The fourth-order valence-corrected chi connectivity index (χ4v) is 6.94. The molecule has 0 aliphatic carbocycles. The van der Waals surface area contributed by atoms with Crippen molar-refractivity contribution in [3.8, 4) is 16.9 Å². The molecule has 0 saturated carbocycles. The Morgan fingerprint density at radius 3 is 2.63 bits per heavy atom. The Balaban J connectivity index is 1.43. The van der Waals surface area contributed by atoms with E-state index < -0.39 is 0 Å². The maximum absolute atomic E-state index is 14.1. The first kappa shape index (κ1) is 27.7. The molecule has 1 unspecified atom stereocenters. The normalized spacial score (nSPS) is 22.3. The molecule has 1 fully saturated rings. The minimum atomic E-state index is -0.167. The summed E-state index contributed by atoms with van der Waals surface area (Å²) in [6, 6.07) is 12.3. The average molecular weight is 555 g/mol. The highest BCUT2D eigenvalue weighted by atomic mass is 16.5. The van der Waals surface area contributed by atoms with Crippen LogP contribution in [0.4, 0.5) is 0 Å². The SMILES string of the molecule is COc1cccc([C@@H](C)N2Cc3c(cc(-c4cnn(C5CCCCO5)c4)cc3C3=CC(C)(C)NC(C)(C)C3)C2=O)c1. The molecular weight excluding hydrogens is 512 g/mol. The second-order valence-electron chi connectivity index (χ2n) is 13.0. The van der Waals surface area contributed by atoms with Gasteiger partial charge in [0.25, 0.3) is 5.91 Å². The van der Waals surface area contributed by atoms with E-state index in [1.165, 1.54) is 5.57 Å². The van der Waals surface area contributed by atoms with E-state index in [2.05, 4.69) is 75.5 Å². The van der Waals surface area contributed by atoms with Crippen molar-refractivity contribution < 1.29 is 14.3 Å². The van der Waals surface area contributed by atoms with E-state index in [1.807, 2.05) is 34.0 Å². The summed E-state index contributed by atoms with van der Waals surface area (Å²) in [5.74, 6) is 0.860. The van der Waals surface area contributed by atoms with Crippen LogP contribution in [0.1, 0.15) is 99.6 Å². The summed E-state index contributed by atoms with van der Waals surface area (Å²) in [4.78, 5) is 16.1. The van der Waals surface area contributed by atoms with Gasteiger partial charge in [-0.1, -0.05) is 18.2 Å². The minimum absolute atomic E-state index is 0.0269. The summed E-state index contributed by atoms with van der Waals surface area (Å²) in [5.41, 5.74) is 7.17. The zero-order valence-electron chi connectivity index (χ0n) is 25.2. The zero-order chi connectivity index (χ0) is 28.9. The lowest BCUT2D eigenvalue weighted by molar-refractivity contribution is -0.0394. The van der Waals surface area contributed by atoms with E-state index >= 15 is 0 Å². The average Bonchev–Trinajstić information content (AvgIpc) is 3.56. The van der Waals surface area contributed by atoms with E-state index in [1.54, 1.807) is 7.11 Å². The number of methoxy groups -OCH3 is 1. The van der Waals surface area contributed by atoms with Gasteiger partial charge in [-0.3, -0.25) is 4.79 Å². The fourth-order valence-electron chi connectivity index (χ4n) is 6.94. The molecule has 1 N–H and O–H groups in total. The van der Waals surface area contributed by atoms with Crippen molar-refractivity contribution in [1.82, 2.24) is 20.0 Å². The third-order valence-electron chi connectivity index (χ3n) is 8.67. The lowest BCUT2D eigenvalue weighted by atomic mass is 9.79. The van der Waals surface area contributed by atoms with E-state index in [9.17, 15) is 4.79 Å². The Labute approximate surface area is 243 Å². The van der Waals surface area contributed by atoms with E-state index in [-0.39, 0.29) is 29.3 Å². The standard InChI is InChI=1S/C34H42N4O3/c1-22(23-10-9-11-27(14-23)40-6)37-21-30-28(25-17-33(2,3)36-34(4,5)18-25)15-24(16-29(30)32(37)39)26-19-35-38(20-26)31-12-7-8-13-41-31/h9-11,14-17,19-20,22,31,36H,7-8,12-13,18,21H2,1-6H3/t22-,31?/m1/s1. The summed E-state index contributed by atoms with van der Waals surface area (Å²) in [7, 11) is 1.67. The monoisotopic (exact) mass is 554 g/mol. The number of ether oxygens (including phenoxy) is 2. The van der Waals surface area contributed by atoms with Crippen molar-refractivity contribution in [2.24, 2.45) is 0 Å². The Kier molecular flexibility index (Phi) is 7.07. The Hall–Kier alpha value is -3.42. The molecule has 2 atom stereocenters.